The van der Waals surface area contributed by atoms with E-state index >= 15 is 0 Å². The maximum atomic E-state index is 13.6. The lowest BCUT2D eigenvalue weighted by molar-refractivity contribution is -0.140. The molecule has 0 saturated heterocycles. The highest BCUT2D eigenvalue weighted by Crippen LogP contribution is 2.50. The molecule has 1 aliphatic rings. The Bertz CT molecular complexity index is 476. The third-order valence-corrected chi connectivity index (χ3v) is 3.37. The minimum Gasteiger partial charge on any atom is -0.481 e. The SMILES string of the molecule is Cc1c(F)cc(C2(C(=O)O)CC2)c(C)c1F. The number of benzene rings is 1. The highest BCUT2D eigenvalue weighted by molar-refractivity contribution is 5.85. The van der Waals surface area contributed by atoms with Crippen LogP contribution in [-0.4, -0.2) is 11.1 Å². The summed E-state index contributed by atoms with van der Waals surface area (Å²) in [5.41, 5.74) is -0.582. The Morgan fingerprint density at radius 3 is 2.31 bits per heavy atom. The average Bonchev–Trinajstić information content (AvgIpc) is 3.01. The second kappa shape index (κ2) is 3.27. The van der Waals surface area contributed by atoms with Gasteiger partial charge in [0.25, 0.3) is 0 Å². The van der Waals surface area contributed by atoms with E-state index in [2.05, 4.69) is 0 Å². The number of carbonyl (C=O) groups is 1. The molecule has 1 aromatic carbocycles. The van der Waals surface area contributed by atoms with Crippen molar-refractivity contribution >= 4 is 5.97 Å². The summed E-state index contributed by atoms with van der Waals surface area (Å²) in [5.74, 6) is -2.31. The molecule has 86 valence electrons. The Kier molecular flexibility index (Phi) is 2.26. The molecule has 0 bridgehead atoms. The molecule has 0 aromatic heterocycles. The van der Waals surface area contributed by atoms with Crippen molar-refractivity contribution in [1.29, 1.82) is 0 Å². The van der Waals surface area contributed by atoms with Crippen LogP contribution in [-0.2, 0) is 10.2 Å². The van der Waals surface area contributed by atoms with Gasteiger partial charge in [0.05, 0.1) is 5.41 Å². The van der Waals surface area contributed by atoms with E-state index in [0.29, 0.717) is 12.8 Å². The highest BCUT2D eigenvalue weighted by Gasteiger charge is 2.53. The van der Waals surface area contributed by atoms with Gasteiger partial charge in [-0.25, -0.2) is 8.78 Å². The Hall–Kier alpha value is -1.45. The fraction of sp³-hybridized carbons (Fsp3) is 0.417. The van der Waals surface area contributed by atoms with Crippen LogP contribution in [0.15, 0.2) is 6.07 Å². The molecule has 0 aliphatic heterocycles. The molecular formula is C12H12F2O2. The number of hydrogen-bond acceptors (Lipinski definition) is 1. The molecule has 0 amide bonds. The maximum Gasteiger partial charge on any atom is 0.314 e. The van der Waals surface area contributed by atoms with Crippen LogP contribution in [0.25, 0.3) is 0 Å². The van der Waals surface area contributed by atoms with Crippen LogP contribution < -0.4 is 0 Å². The number of carboxylic acids is 1. The molecule has 1 fully saturated rings. The molecule has 2 rings (SSSR count). The van der Waals surface area contributed by atoms with Crippen molar-refractivity contribution in [2.45, 2.75) is 32.1 Å². The van der Waals surface area contributed by atoms with E-state index in [1.807, 2.05) is 0 Å². The van der Waals surface area contributed by atoms with E-state index in [0.717, 1.165) is 6.07 Å². The second-order valence-electron chi connectivity index (χ2n) is 4.36. The Morgan fingerprint density at radius 1 is 1.31 bits per heavy atom. The monoisotopic (exact) mass is 226 g/mol. The summed E-state index contributed by atoms with van der Waals surface area (Å²) in [7, 11) is 0. The smallest absolute Gasteiger partial charge is 0.314 e. The summed E-state index contributed by atoms with van der Waals surface area (Å²) in [6, 6.07) is 1.16. The fourth-order valence-electron chi connectivity index (χ4n) is 2.07. The molecule has 1 saturated carbocycles. The van der Waals surface area contributed by atoms with Crippen molar-refractivity contribution in [3.8, 4) is 0 Å². The summed E-state index contributed by atoms with van der Waals surface area (Å²) < 4.78 is 27.0. The third kappa shape index (κ3) is 1.32. The molecule has 16 heavy (non-hydrogen) atoms. The average molecular weight is 226 g/mol. The molecule has 0 unspecified atom stereocenters. The molecule has 1 aromatic rings. The number of rotatable bonds is 2. The molecular weight excluding hydrogens is 214 g/mol. The molecule has 1 aliphatic carbocycles. The lowest BCUT2D eigenvalue weighted by Gasteiger charge is -2.15. The van der Waals surface area contributed by atoms with Crippen LogP contribution in [0.3, 0.4) is 0 Å². The zero-order valence-corrected chi connectivity index (χ0v) is 9.10. The van der Waals surface area contributed by atoms with E-state index in [1.165, 1.54) is 13.8 Å². The van der Waals surface area contributed by atoms with Crippen LogP contribution >= 0.6 is 0 Å². The number of halogens is 2. The van der Waals surface area contributed by atoms with Gasteiger partial charge in [-0.3, -0.25) is 4.79 Å². The fourth-order valence-corrected chi connectivity index (χ4v) is 2.07. The molecule has 0 atom stereocenters. The minimum atomic E-state index is -1.06. The summed E-state index contributed by atoms with van der Waals surface area (Å²) in [6.07, 6.45) is 0.899. The van der Waals surface area contributed by atoms with Crippen molar-refractivity contribution in [2.24, 2.45) is 0 Å². The predicted octanol–water partition coefficient (Wildman–Crippen LogP) is 2.70. The normalized spacial score (nSPS) is 17.2. The molecule has 1 N–H and O–H groups in total. The van der Waals surface area contributed by atoms with Gasteiger partial charge in [-0.15, -0.1) is 0 Å². The van der Waals surface area contributed by atoms with Crippen molar-refractivity contribution in [1.82, 2.24) is 0 Å². The zero-order chi connectivity index (χ0) is 12.1. The van der Waals surface area contributed by atoms with Gasteiger partial charge in [-0.05, 0) is 43.9 Å². The van der Waals surface area contributed by atoms with E-state index in [1.54, 1.807) is 0 Å². The first kappa shape index (κ1) is 11.0. The summed E-state index contributed by atoms with van der Waals surface area (Å²) in [5, 5.41) is 9.09. The molecule has 2 nitrogen and oxygen atoms in total. The zero-order valence-electron chi connectivity index (χ0n) is 9.10. The lowest BCUT2D eigenvalue weighted by Crippen LogP contribution is -2.21. The minimum absolute atomic E-state index is 0.0533. The Balaban J connectivity index is 2.63. The van der Waals surface area contributed by atoms with Crippen molar-refractivity contribution in [3.63, 3.8) is 0 Å². The van der Waals surface area contributed by atoms with Crippen molar-refractivity contribution in [2.75, 3.05) is 0 Å². The molecule has 0 heterocycles. The van der Waals surface area contributed by atoms with E-state index < -0.39 is 23.0 Å². The standard InChI is InChI=1S/C12H12F2O2/c1-6-8(12(3-4-12)11(15)16)5-9(13)7(2)10(6)14/h5H,3-4H2,1-2H3,(H,15,16). The highest BCUT2D eigenvalue weighted by atomic mass is 19.1. The van der Waals surface area contributed by atoms with Crippen molar-refractivity contribution in [3.05, 3.63) is 34.4 Å². The molecule has 0 radical (unpaired) electrons. The number of aliphatic carboxylic acids is 1. The van der Waals surface area contributed by atoms with Gasteiger partial charge in [-0.2, -0.15) is 0 Å². The lowest BCUT2D eigenvalue weighted by atomic mass is 9.90. The topological polar surface area (TPSA) is 37.3 Å². The van der Waals surface area contributed by atoms with Gasteiger partial charge >= 0.3 is 5.97 Å². The second-order valence-corrected chi connectivity index (χ2v) is 4.36. The van der Waals surface area contributed by atoms with E-state index in [9.17, 15) is 13.6 Å². The largest absolute Gasteiger partial charge is 0.481 e. The number of carboxylic acid groups (broad SMARTS) is 1. The van der Waals surface area contributed by atoms with E-state index in [-0.39, 0.29) is 16.7 Å². The summed E-state index contributed by atoms with van der Waals surface area (Å²) in [6.45, 7) is 2.85. The maximum absolute atomic E-state index is 13.6. The molecule has 4 heteroatoms. The predicted molar refractivity (Wildman–Crippen MR) is 54.4 cm³/mol. The van der Waals surface area contributed by atoms with Gasteiger partial charge in [0.1, 0.15) is 11.6 Å². The summed E-state index contributed by atoms with van der Waals surface area (Å²) >= 11 is 0. The Morgan fingerprint density at radius 2 is 1.88 bits per heavy atom. The van der Waals surface area contributed by atoms with Crippen molar-refractivity contribution < 1.29 is 18.7 Å². The van der Waals surface area contributed by atoms with Crippen LogP contribution in [0.2, 0.25) is 0 Å². The Labute approximate surface area is 91.9 Å². The third-order valence-electron chi connectivity index (χ3n) is 3.37. The first-order chi connectivity index (χ1) is 7.40. The van der Waals surface area contributed by atoms with Gasteiger partial charge < -0.3 is 5.11 Å². The van der Waals surface area contributed by atoms with Crippen LogP contribution in [0, 0.1) is 25.5 Å². The van der Waals surface area contributed by atoms with Gasteiger partial charge in [0, 0.05) is 5.56 Å². The number of hydrogen-bond donors (Lipinski definition) is 1. The summed E-state index contributed by atoms with van der Waals surface area (Å²) in [4.78, 5) is 11.1. The quantitative estimate of drug-likeness (QED) is 0.841. The molecule has 0 spiro atoms. The van der Waals surface area contributed by atoms with E-state index in [4.69, 9.17) is 5.11 Å². The van der Waals surface area contributed by atoms with Gasteiger partial charge in [0.2, 0.25) is 0 Å². The van der Waals surface area contributed by atoms with Crippen LogP contribution in [0.5, 0.6) is 0 Å². The van der Waals surface area contributed by atoms with Gasteiger partial charge in [0.15, 0.2) is 0 Å². The van der Waals surface area contributed by atoms with Gasteiger partial charge in [-0.1, -0.05) is 0 Å². The first-order valence-corrected chi connectivity index (χ1v) is 5.09. The van der Waals surface area contributed by atoms with Crippen LogP contribution in [0.1, 0.15) is 29.5 Å². The van der Waals surface area contributed by atoms with Crippen LogP contribution in [0.4, 0.5) is 8.78 Å². The first-order valence-electron chi connectivity index (χ1n) is 5.09.